The molecule has 0 aromatic heterocycles. The second kappa shape index (κ2) is 9.52. The maximum absolute atomic E-state index is 12.8. The van der Waals surface area contributed by atoms with Crippen LogP contribution in [-0.2, 0) is 22.6 Å². The van der Waals surface area contributed by atoms with Crippen LogP contribution in [0.5, 0.6) is 11.5 Å². The Kier molecular flexibility index (Phi) is 6.36. The molecule has 0 spiro atoms. The van der Waals surface area contributed by atoms with Crippen molar-refractivity contribution in [3.8, 4) is 11.5 Å². The molecule has 0 aliphatic carbocycles. The van der Waals surface area contributed by atoms with Gasteiger partial charge in [0.25, 0.3) is 0 Å². The minimum absolute atomic E-state index is 0.161. The lowest BCUT2D eigenvalue weighted by atomic mass is 10.0. The van der Waals surface area contributed by atoms with Crippen LogP contribution in [-0.4, -0.2) is 18.4 Å². The second-order valence-electron chi connectivity index (χ2n) is 7.58. The Morgan fingerprint density at radius 2 is 1.75 bits per heavy atom. The molecule has 1 aliphatic rings. The number of carbonyl (C=O) groups is 2. The van der Waals surface area contributed by atoms with E-state index in [0.717, 1.165) is 23.1 Å². The Bertz CT molecular complexity index is 1160. The van der Waals surface area contributed by atoms with Crippen molar-refractivity contribution in [2.24, 2.45) is 0 Å². The maximum Gasteiger partial charge on any atom is 0.344 e. The van der Waals surface area contributed by atoms with E-state index in [0.29, 0.717) is 17.1 Å². The van der Waals surface area contributed by atoms with Crippen molar-refractivity contribution in [2.45, 2.75) is 26.9 Å². The van der Waals surface area contributed by atoms with E-state index in [-0.39, 0.29) is 24.8 Å². The summed E-state index contributed by atoms with van der Waals surface area (Å²) in [7, 11) is 0. The molecule has 0 radical (unpaired) electrons. The van der Waals surface area contributed by atoms with Crippen LogP contribution in [0.1, 0.15) is 39.5 Å². The molecular formula is C27H24O5. The van der Waals surface area contributed by atoms with Gasteiger partial charge in [-0.05, 0) is 47.7 Å². The number of carbonyl (C=O) groups excluding carboxylic acids is 2. The highest BCUT2D eigenvalue weighted by atomic mass is 16.6. The number of ether oxygens (including phenoxy) is 3. The smallest absolute Gasteiger partial charge is 0.344 e. The van der Waals surface area contributed by atoms with Gasteiger partial charge >= 0.3 is 5.97 Å². The van der Waals surface area contributed by atoms with Gasteiger partial charge in [0.05, 0.1) is 5.56 Å². The first-order valence-electron chi connectivity index (χ1n) is 10.5. The van der Waals surface area contributed by atoms with Gasteiger partial charge in [0.15, 0.2) is 12.4 Å². The van der Waals surface area contributed by atoms with Crippen molar-refractivity contribution in [1.82, 2.24) is 0 Å². The third-order valence-corrected chi connectivity index (χ3v) is 5.23. The van der Waals surface area contributed by atoms with Crippen LogP contribution in [0, 0.1) is 6.92 Å². The lowest BCUT2D eigenvalue weighted by Crippen LogP contribution is -2.14. The zero-order valence-corrected chi connectivity index (χ0v) is 18.1. The van der Waals surface area contributed by atoms with E-state index in [1.165, 1.54) is 5.56 Å². The quantitative estimate of drug-likeness (QED) is 0.378. The number of esters is 1. The molecule has 162 valence electrons. The molecule has 4 rings (SSSR count). The number of fused-ring (bicyclic) bond motifs is 1. The third-order valence-electron chi connectivity index (χ3n) is 5.23. The summed E-state index contributed by atoms with van der Waals surface area (Å²) in [5, 5.41) is 0. The van der Waals surface area contributed by atoms with Gasteiger partial charge in [-0.2, -0.15) is 0 Å². The van der Waals surface area contributed by atoms with Crippen molar-refractivity contribution >= 4 is 17.8 Å². The minimum atomic E-state index is -0.472. The standard InChI is InChI=1S/C27H24O5/c1-3-19-9-11-20(12-10-19)14-24-27(29)26-18(2)13-22(15-23(26)32-24)30-17-25(28)31-16-21-7-5-4-6-8-21/h4-15H,3,16-17H2,1-2H3/b24-14-. The topological polar surface area (TPSA) is 61.8 Å². The van der Waals surface area contributed by atoms with Crippen molar-refractivity contribution < 1.29 is 23.8 Å². The van der Waals surface area contributed by atoms with Crippen LogP contribution in [0.4, 0.5) is 0 Å². The lowest BCUT2D eigenvalue weighted by molar-refractivity contribution is -0.147. The normalized spacial score (nSPS) is 13.6. The van der Waals surface area contributed by atoms with Gasteiger partial charge in [-0.15, -0.1) is 0 Å². The molecule has 0 saturated carbocycles. The molecule has 5 heteroatoms. The SMILES string of the molecule is CCc1ccc(/C=C2\Oc3cc(OCC(=O)OCc4ccccc4)cc(C)c3C2=O)cc1. The van der Waals surface area contributed by atoms with E-state index in [1.54, 1.807) is 18.2 Å². The molecule has 0 amide bonds. The molecule has 3 aromatic rings. The summed E-state index contributed by atoms with van der Waals surface area (Å²) in [6, 6.07) is 20.8. The monoisotopic (exact) mass is 428 g/mol. The zero-order chi connectivity index (χ0) is 22.5. The van der Waals surface area contributed by atoms with Gasteiger partial charge in [0.1, 0.15) is 18.1 Å². The van der Waals surface area contributed by atoms with E-state index < -0.39 is 5.97 Å². The molecule has 32 heavy (non-hydrogen) atoms. The summed E-state index contributed by atoms with van der Waals surface area (Å²) in [5.41, 5.74) is 4.28. The molecule has 1 aliphatic heterocycles. The fraction of sp³-hybridized carbons (Fsp3) is 0.185. The van der Waals surface area contributed by atoms with Crippen LogP contribution in [0.15, 0.2) is 72.5 Å². The zero-order valence-electron chi connectivity index (χ0n) is 18.1. The first-order chi connectivity index (χ1) is 15.5. The van der Waals surface area contributed by atoms with Gasteiger partial charge in [-0.3, -0.25) is 4.79 Å². The molecule has 0 unspecified atom stereocenters. The number of Topliss-reactive ketones (excluding diaryl/α,β-unsaturated/α-hetero) is 1. The minimum Gasteiger partial charge on any atom is -0.482 e. The fourth-order valence-electron chi connectivity index (χ4n) is 3.48. The molecular weight excluding hydrogens is 404 g/mol. The number of benzene rings is 3. The molecule has 1 heterocycles. The highest BCUT2D eigenvalue weighted by molar-refractivity contribution is 6.15. The average molecular weight is 428 g/mol. The van der Waals surface area contributed by atoms with E-state index >= 15 is 0 Å². The number of rotatable bonds is 7. The molecule has 0 N–H and O–H groups in total. The highest BCUT2D eigenvalue weighted by Gasteiger charge is 2.30. The Labute approximate surface area is 187 Å². The van der Waals surface area contributed by atoms with Crippen LogP contribution < -0.4 is 9.47 Å². The molecule has 0 bridgehead atoms. The summed E-state index contributed by atoms with van der Waals surface area (Å²) < 4.78 is 16.7. The molecule has 3 aromatic carbocycles. The van der Waals surface area contributed by atoms with Crippen LogP contribution in [0.25, 0.3) is 6.08 Å². The van der Waals surface area contributed by atoms with E-state index in [9.17, 15) is 9.59 Å². The number of hydrogen-bond donors (Lipinski definition) is 0. The van der Waals surface area contributed by atoms with Crippen molar-refractivity contribution in [2.75, 3.05) is 6.61 Å². The van der Waals surface area contributed by atoms with E-state index in [2.05, 4.69) is 6.92 Å². The summed E-state index contributed by atoms with van der Waals surface area (Å²) in [5.74, 6) is 0.510. The lowest BCUT2D eigenvalue weighted by Gasteiger charge is -2.09. The van der Waals surface area contributed by atoms with E-state index in [4.69, 9.17) is 14.2 Å². The largest absolute Gasteiger partial charge is 0.482 e. The molecule has 5 nitrogen and oxygen atoms in total. The Balaban J connectivity index is 1.41. The van der Waals surface area contributed by atoms with Gasteiger partial charge in [-0.25, -0.2) is 4.79 Å². The average Bonchev–Trinajstić information content (AvgIpc) is 3.13. The predicted octanol–water partition coefficient (Wildman–Crippen LogP) is 5.30. The van der Waals surface area contributed by atoms with Crippen LogP contribution in [0.2, 0.25) is 0 Å². The van der Waals surface area contributed by atoms with Gasteiger partial charge in [0.2, 0.25) is 5.78 Å². The first-order valence-corrected chi connectivity index (χ1v) is 10.5. The summed E-state index contributed by atoms with van der Waals surface area (Å²) in [6.07, 6.45) is 2.70. The number of ketones is 1. The fourth-order valence-corrected chi connectivity index (χ4v) is 3.48. The Morgan fingerprint density at radius 1 is 1.00 bits per heavy atom. The predicted molar refractivity (Wildman–Crippen MR) is 122 cm³/mol. The van der Waals surface area contributed by atoms with Crippen molar-refractivity contribution in [3.05, 3.63) is 100 Å². The number of allylic oxidation sites excluding steroid dienone is 1. The molecule has 0 saturated heterocycles. The van der Waals surface area contributed by atoms with Crippen molar-refractivity contribution in [3.63, 3.8) is 0 Å². The third kappa shape index (κ3) is 4.89. The van der Waals surface area contributed by atoms with Gasteiger partial charge in [-0.1, -0.05) is 61.5 Å². The summed E-state index contributed by atoms with van der Waals surface area (Å²) >= 11 is 0. The second-order valence-corrected chi connectivity index (χ2v) is 7.58. The van der Waals surface area contributed by atoms with Crippen LogP contribution in [0.3, 0.4) is 0 Å². The number of hydrogen-bond acceptors (Lipinski definition) is 5. The first kappa shape index (κ1) is 21.4. The summed E-state index contributed by atoms with van der Waals surface area (Å²) in [4.78, 5) is 24.9. The molecule has 0 atom stereocenters. The van der Waals surface area contributed by atoms with E-state index in [1.807, 2.05) is 61.5 Å². The van der Waals surface area contributed by atoms with Crippen molar-refractivity contribution in [1.29, 1.82) is 0 Å². The van der Waals surface area contributed by atoms with Gasteiger partial charge in [0, 0.05) is 6.07 Å². The Morgan fingerprint density at radius 3 is 2.47 bits per heavy atom. The summed E-state index contributed by atoms with van der Waals surface area (Å²) in [6.45, 7) is 3.88. The number of aryl methyl sites for hydroxylation is 2. The van der Waals surface area contributed by atoms with Gasteiger partial charge < -0.3 is 14.2 Å². The Hall–Kier alpha value is -3.86. The highest BCUT2D eigenvalue weighted by Crippen LogP contribution is 2.37. The molecule has 0 fully saturated rings. The maximum atomic E-state index is 12.8. The van der Waals surface area contributed by atoms with Crippen LogP contribution >= 0.6 is 0 Å².